The van der Waals surface area contributed by atoms with Gasteiger partial charge in [-0.15, -0.1) is 0 Å². The van der Waals surface area contributed by atoms with Gasteiger partial charge in [0.25, 0.3) is 0 Å². The van der Waals surface area contributed by atoms with Gasteiger partial charge in [0.1, 0.15) is 17.5 Å². The molecule has 4 aromatic rings. The largest absolute Gasteiger partial charge is 0.361 e. The first-order valence-electron chi connectivity index (χ1n) is 11.4. The number of nitrogens with zero attached hydrogens (tertiary/aromatic N) is 3. The lowest BCUT2D eigenvalue weighted by molar-refractivity contribution is -0.143. The predicted octanol–water partition coefficient (Wildman–Crippen LogP) is 2.23. The average Bonchev–Trinajstić information content (AvgIpc) is 3.43. The molecule has 2 amide bonds. The van der Waals surface area contributed by atoms with Crippen LogP contribution in [0, 0.1) is 5.82 Å². The molecule has 34 heavy (non-hydrogen) atoms. The molecule has 1 saturated heterocycles. The van der Waals surface area contributed by atoms with Crippen molar-refractivity contribution in [2.45, 2.75) is 18.9 Å². The summed E-state index contributed by atoms with van der Waals surface area (Å²) in [5.74, 6) is -0.542. The lowest BCUT2D eigenvalue weighted by Gasteiger charge is -2.39. The third-order valence-electron chi connectivity index (χ3n) is 6.51. The van der Waals surface area contributed by atoms with Crippen LogP contribution in [0.2, 0.25) is 0 Å². The van der Waals surface area contributed by atoms with Crippen LogP contribution >= 0.6 is 0 Å². The van der Waals surface area contributed by atoms with Crippen molar-refractivity contribution < 1.29 is 14.0 Å². The fourth-order valence-electron chi connectivity index (χ4n) is 4.66. The molecule has 0 aliphatic carbocycles. The highest BCUT2D eigenvalue weighted by atomic mass is 19.1. The molecule has 0 saturated carbocycles. The molecule has 9 heteroatoms. The number of carbonyl (C=O) groups excluding carboxylic acids is 2. The number of piperazine rings is 1. The van der Waals surface area contributed by atoms with Gasteiger partial charge in [-0.2, -0.15) is 0 Å². The highest BCUT2D eigenvalue weighted by Gasteiger charge is 2.34. The van der Waals surface area contributed by atoms with Crippen LogP contribution in [0.3, 0.4) is 0 Å². The molecular weight excluding hydrogens is 435 g/mol. The van der Waals surface area contributed by atoms with Crippen LogP contribution < -0.4 is 5.32 Å². The Labute approximate surface area is 196 Å². The Morgan fingerprint density at radius 1 is 1.15 bits per heavy atom. The number of hydrogen-bond donors (Lipinski definition) is 3. The van der Waals surface area contributed by atoms with Crippen LogP contribution in [0.15, 0.2) is 48.9 Å². The van der Waals surface area contributed by atoms with Crippen LogP contribution in [0.5, 0.6) is 0 Å². The second-order valence-electron chi connectivity index (χ2n) is 8.80. The lowest BCUT2D eigenvalue weighted by Crippen LogP contribution is -2.60. The van der Waals surface area contributed by atoms with Gasteiger partial charge >= 0.3 is 0 Å². The van der Waals surface area contributed by atoms with Gasteiger partial charge in [0.15, 0.2) is 0 Å². The third kappa shape index (κ3) is 4.38. The monoisotopic (exact) mass is 462 g/mol. The highest BCUT2D eigenvalue weighted by molar-refractivity contribution is 5.91. The van der Waals surface area contributed by atoms with Crippen LogP contribution in [-0.4, -0.2) is 75.8 Å². The van der Waals surface area contributed by atoms with E-state index in [1.807, 2.05) is 31.6 Å². The Balaban J connectivity index is 1.24. The number of halogens is 1. The van der Waals surface area contributed by atoms with Gasteiger partial charge in [-0.1, -0.05) is 0 Å². The van der Waals surface area contributed by atoms with Crippen molar-refractivity contribution in [1.82, 2.24) is 30.1 Å². The minimum absolute atomic E-state index is 0.0786. The predicted molar refractivity (Wildman–Crippen MR) is 128 cm³/mol. The van der Waals surface area contributed by atoms with E-state index < -0.39 is 6.04 Å². The van der Waals surface area contributed by atoms with E-state index in [0.717, 1.165) is 33.1 Å². The molecule has 4 heterocycles. The van der Waals surface area contributed by atoms with Crippen LogP contribution in [0.1, 0.15) is 11.1 Å². The maximum Gasteiger partial charge on any atom is 0.244 e. The van der Waals surface area contributed by atoms with Gasteiger partial charge in [-0.25, -0.2) is 9.37 Å². The first kappa shape index (κ1) is 22.1. The maximum atomic E-state index is 13.6. The van der Waals surface area contributed by atoms with E-state index in [1.165, 1.54) is 12.1 Å². The highest BCUT2D eigenvalue weighted by Crippen LogP contribution is 2.20. The standard InChI is InChI=1S/C25H27FN6O2/c1-31-9-10-32(23(33)11-17-14-30-24-19(17)3-2-7-27-24)22(15-31)25(34)28-8-6-16-13-29-21-5-4-18(26)12-20(16)21/h2-5,7,12-14,22,29H,6,8-11,15H2,1H3,(H,27,30)(H,28,34). The molecule has 1 unspecified atom stereocenters. The topological polar surface area (TPSA) is 97.1 Å². The van der Waals surface area contributed by atoms with Crippen LogP contribution in [0.25, 0.3) is 21.9 Å². The van der Waals surface area contributed by atoms with Crippen LogP contribution in [0.4, 0.5) is 4.39 Å². The molecule has 1 fully saturated rings. The Hall–Kier alpha value is -3.72. The van der Waals surface area contributed by atoms with E-state index in [1.54, 1.807) is 17.2 Å². The van der Waals surface area contributed by atoms with Gasteiger partial charge in [-0.05, 0) is 54.9 Å². The summed E-state index contributed by atoms with van der Waals surface area (Å²) in [5, 5.41) is 4.71. The van der Waals surface area contributed by atoms with E-state index in [0.29, 0.717) is 32.6 Å². The first-order valence-corrected chi connectivity index (χ1v) is 11.4. The molecule has 0 bridgehead atoms. The maximum absolute atomic E-state index is 13.6. The van der Waals surface area contributed by atoms with Gasteiger partial charge < -0.3 is 25.1 Å². The summed E-state index contributed by atoms with van der Waals surface area (Å²) in [7, 11) is 1.95. The number of nitrogens with one attached hydrogen (secondary N) is 3. The molecule has 0 radical (unpaired) electrons. The van der Waals surface area contributed by atoms with Gasteiger partial charge in [0.2, 0.25) is 11.8 Å². The fraction of sp³-hybridized carbons (Fsp3) is 0.320. The molecule has 1 atom stereocenters. The van der Waals surface area contributed by atoms with Gasteiger partial charge in [0, 0.05) is 61.1 Å². The van der Waals surface area contributed by atoms with Gasteiger partial charge in [0.05, 0.1) is 6.42 Å². The second kappa shape index (κ2) is 9.26. The minimum Gasteiger partial charge on any atom is -0.361 e. The number of aromatic amines is 2. The zero-order valence-electron chi connectivity index (χ0n) is 19.0. The molecule has 8 nitrogen and oxygen atoms in total. The molecule has 0 spiro atoms. The van der Waals surface area contributed by atoms with Crippen molar-refractivity contribution >= 4 is 33.8 Å². The molecule has 1 aliphatic rings. The fourth-order valence-corrected chi connectivity index (χ4v) is 4.66. The summed E-state index contributed by atoms with van der Waals surface area (Å²) in [6, 6.07) is 7.85. The summed E-state index contributed by atoms with van der Waals surface area (Å²) in [6.07, 6.45) is 6.13. The molecular formula is C25H27FN6O2. The zero-order valence-corrected chi connectivity index (χ0v) is 19.0. The molecule has 1 aromatic carbocycles. The zero-order chi connectivity index (χ0) is 23.7. The van der Waals surface area contributed by atoms with Crippen molar-refractivity contribution in [3.05, 3.63) is 65.9 Å². The number of hydrogen-bond acceptors (Lipinski definition) is 4. The quantitative estimate of drug-likeness (QED) is 0.409. The first-order chi connectivity index (χ1) is 16.5. The summed E-state index contributed by atoms with van der Waals surface area (Å²) < 4.78 is 13.6. The number of fused-ring (bicyclic) bond motifs is 2. The number of carbonyl (C=O) groups is 2. The number of rotatable bonds is 6. The van der Waals surface area contributed by atoms with Crippen molar-refractivity contribution in [2.24, 2.45) is 0 Å². The van der Waals surface area contributed by atoms with Gasteiger partial charge in [-0.3, -0.25) is 9.59 Å². The average molecular weight is 463 g/mol. The lowest BCUT2D eigenvalue weighted by atomic mass is 10.1. The van der Waals surface area contributed by atoms with E-state index in [4.69, 9.17) is 0 Å². The van der Waals surface area contributed by atoms with E-state index in [9.17, 15) is 14.0 Å². The summed E-state index contributed by atoms with van der Waals surface area (Å²) >= 11 is 0. The number of likely N-dealkylation sites (N-methyl/N-ethyl adjacent to an activating group) is 1. The Kier molecular flexibility index (Phi) is 6.02. The molecule has 3 aromatic heterocycles. The SMILES string of the molecule is CN1CCN(C(=O)Cc2c[nH]c3ncccc23)C(C(=O)NCCc2c[nH]c3ccc(F)cc23)C1. The number of amides is 2. The number of aromatic nitrogens is 3. The Morgan fingerprint density at radius 2 is 2.00 bits per heavy atom. The second-order valence-corrected chi connectivity index (χ2v) is 8.80. The van der Waals surface area contributed by atoms with E-state index in [-0.39, 0.29) is 24.1 Å². The van der Waals surface area contributed by atoms with Crippen molar-refractivity contribution in [3.63, 3.8) is 0 Å². The minimum atomic E-state index is -0.560. The normalized spacial score (nSPS) is 16.9. The third-order valence-corrected chi connectivity index (χ3v) is 6.51. The van der Waals surface area contributed by atoms with Crippen molar-refractivity contribution in [3.8, 4) is 0 Å². The van der Waals surface area contributed by atoms with E-state index >= 15 is 0 Å². The summed E-state index contributed by atoms with van der Waals surface area (Å²) in [5.41, 5.74) is 3.42. The molecule has 5 rings (SSSR count). The number of benzene rings is 1. The molecule has 1 aliphatic heterocycles. The number of pyridine rings is 1. The van der Waals surface area contributed by atoms with Crippen molar-refractivity contribution in [2.75, 3.05) is 33.2 Å². The smallest absolute Gasteiger partial charge is 0.244 e. The molecule has 3 N–H and O–H groups in total. The summed E-state index contributed by atoms with van der Waals surface area (Å²) in [6.45, 7) is 2.09. The van der Waals surface area contributed by atoms with Crippen LogP contribution in [-0.2, 0) is 22.4 Å². The Bertz CT molecular complexity index is 1350. The Morgan fingerprint density at radius 3 is 2.88 bits per heavy atom. The van der Waals surface area contributed by atoms with Crippen molar-refractivity contribution in [1.29, 1.82) is 0 Å². The number of H-pyrrole nitrogens is 2. The summed E-state index contributed by atoms with van der Waals surface area (Å²) in [4.78, 5) is 40.6. The molecule has 176 valence electrons. The van der Waals surface area contributed by atoms with E-state index in [2.05, 4.69) is 25.2 Å².